The van der Waals surface area contributed by atoms with Crippen LogP contribution in [0.2, 0.25) is 0 Å². The molecule has 0 radical (unpaired) electrons. The number of H-pyrrole nitrogens is 2. The van der Waals surface area contributed by atoms with Crippen molar-refractivity contribution in [2.75, 3.05) is 6.54 Å². The Morgan fingerprint density at radius 1 is 1.47 bits per heavy atom. The van der Waals surface area contributed by atoms with E-state index in [1.807, 2.05) is 18.8 Å². The summed E-state index contributed by atoms with van der Waals surface area (Å²) >= 11 is 0. The highest BCUT2D eigenvalue weighted by Gasteiger charge is 2.17. The predicted molar refractivity (Wildman–Crippen MR) is 62.8 cm³/mol. The van der Waals surface area contributed by atoms with Gasteiger partial charge < -0.3 is 16.0 Å². The molecule has 7 heteroatoms. The van der Waals surface area contributed by atoms with Crippen molar-refractivity contribution in [1.29, 1.82) is 0 Å². The molecular weight excluding hydrogens is 224 g/mol. The largest absolute Gasteiger partial charge is 0.348 e. The van der Waals surface area contributed by atoms with Gasteiger partial charge in [-0.3, -0.25) is 14.6 Å². The Labute approximate surface area is 97.4 Å². The summed E-state index contributed by atoms with van der Waals surface area (Å²) in [5, 5.41) is 2.64. The lowest BCUT2D eigenvalue weighted by atomic mass is 10.0. The normalized spacial score (nSPS) is 12.5. The molecule has 1 aromatic rings. The van der Waals surface area contributed by atoms with Crippen LogP contribution in [0.5, 0.6) is 0 Å². The van der Waals surface area contributed by atoms with Crippen LogP contribution < -0.4 is 22.3 Å². The fraction of sp³-hybridized carbons (Fsp3) is 0.500. The number of amides is 1. The molecule has 1 aromatic heterocycles. The first-order valence-corrected chi connectivity index (χ1v) is 5.28. The minimum atomic E-state index is -0.717. The van der Waals surface area contributed by atoms with Gasteiger partial charge in [-0.1, -0.05) is 13.8 Å². The number of carbonyl (C=O) groups is 1. The van der Waals surface area contributed by atoms with Crippen LogP contribution in [0.3, 0.4) is 0 Å². The number of hydrogen-bond acceptors (Lipinski definition) is 4. The van der Waals surface area contributed by atoms with Crippen LogP contribution >= 0.6 is 0 Å². The van der Waals surface area contributed by atoms with Gasteiger partial charge in [0.2, 0.25) is 0 Å². The molecular formula is C10H16N4O3. The molecule has 0 saturated carbocycles. The van der Waals surface area contributed by atoms with Crippen molar-refractivity contribution >= 4 is 5.91 Å². The first-order valence-electron chi connectivity index (χ1n) is 5.28. The van der Waals surface area contributed by atoms with Crippen LogP contribution in [0.1, 0.15) is 24.2 Å². The molecule has 0 aliphatic heterocycles. The number of nitrogens with two attached hydrogens (primary N) is 1. The quantitative estimate of drug-likeness (QED) is 0.527. The predicted octanol–water partition coefficient (Wildman–Crippen LogP) is -1.22. The highest BCUT2D eigenvalue weighted by atomic mass is 16.2. The summed E-state index contributed by atoms with van der Waals surface area (Å²) in [6, 6.07) is -0.214. The van der Waals surface area contributed by atoms with Crippen molar-refractivity contribution in [1.82, 2.24) is 15.3 Å². The Bertz CT molecular complexity index is 503. The van der Waals surface area contributed by atoms with Crippen LogP contribution in [-0.4, -0.2) is 28.5 Å². The molecule has 1 unspecified atom stereocenters. The molecule has 1 rings (SSSR count). The molecule has 1 amide bonds. The zero-order chi connectivity index (χ0) is 13.0. The lowest BCUT2D eigenvalue weighted by molar-refractivity contribution is 0.0925. The number of aromatic nitrogens is 2. The van der Waals surface area contributed by atoms with Gasteiger partial charge in [-0.05, 0) is 5.92 Å². The van der Waals surface area contributed by atoms with E-state index in [2.05, 4.69) is 10.3 Å². The van der Waals surface area contributed by atoms with Crippen LogP contribution in [0, 0.1) is 5.92 Å². The summed E-state index contributed by atoms with van der Waals surface area (Å²) in [7, 11) is 0. The molecule has 17 heavy (non-hydrogen) atoms. The maximum absolute atomic E-state index is 11.7. The summed E-state index contributed by atoms with van der Waals surface area (Å²) < 4.78 is 0. The average molecular weight is 240 g/mol. The Morgan fingerprint density at radius 3 is 2.59 bits per heavy atom. The lowest BCUT2D eigenvalue weighted by Gasteiger charge is -2.20. The summed E-state index contributed by atoms with van der Waals surface area (Å²) in [6.07, 6.45) is 1.09. The van der Waals surface area contributed by atoms with E-state index in [1.165, 1.54) is 0 Å². The molecule has 1 atom stereocenters. The van der Waals surface area contributed by atoms with E-state index in [0.29, 0.717) is 0 Å². The SMILES string of the molecule is CC(C)C(CN)NC(=O)c1c[nH]c(=O)[nH]c1=O. The molecule has 0 bridgehead atoms. The van der Waals surface area contributed by atoms with E-state index in [4.69, 9.17) is 5.73 Å². The Hall–Kier alpha value is -1.89. The average Bonchev–Trinajstić information content (AvgIpc) is 2.24. The van der Waals surface area contributed by atoms with E-state index in [1.54, 1.807) is 0 Å². The van der Waals surface area contributed by atoms with Crippen molar-refractivity contribution in [2.45, 2.75) is 19.9 Å². The molecule has 0 saturated heterocycles. The van der Waals surface area contributed by atoms with Gasteiger partial charge in [-0.25, -0.2) is 4.79 Å². The first kappa shape index (κ1) is 13.2. The van der Waals surface area contributed by atoms with Crippen LogP contribution in [0.15, 0.2) is 15.8 Å². The summed E-state index contributed by atoms with van der Waals surface area (Å²) in [6.45, 7) is 4.11. The molecule has 0 aromatic carbocycles. The van der Waals surface area contributed by atoms with E-state index in [0.717, 1.165) is 6.20 Å². The molecule has 5 N–H and O–H groups in total. The third kappa shape index (κ3) is 3.28. The Morgan fingerprint density at radius 2 is 2.12 bits per heavy atom. The van der Waals surface area contributed by atoms with Gasteiger partial charge >= 0.3 is 5.69 Å². The van der Waals surface area contributed by atoms with Crippen molar-refractivity contribution in [3.8, 4) is 0 Å². The summed E-state index contributed by atoms with van der Waals surface area (Å²) in [4.78, 5) is 38.1. The van der Waals surface area contributed by atoms with E-state index in [9.17, 15) is 14.4 Å². The Kier molecular flexibility index (Phi) is 4.22. The zero-order valence-corrected chi connectivity index (χ0v) is 9.74. The minimum Gasteiger partial charge on any atom is -0.348 e. The van der Waals surface area contributed by atoms with E-state index in [-0.39, 0.29) is 24.1 Å². The minimum absolute atomic E-state index is 0.135. The van der Waals surface area contributed by atoms with Gasteiger partial charge in [0, 0.05) is 18.8 Å². The fourth-order valence-corrected chi connectivity index (χ4v) is 1.32. The number of aromatic amines is 2. The zero-order valence-electron chi connectivity index (χ0n) is 9.74. The first-order chi connectivity index (χ1) is 7.95. The van der Waals surface area contributed by atoms with Crippen LogP contribution in [0.25, 0.3) is 0 Å². The maximum Gasteiger partial charge on any atom is 0.325 e. The maximum atomic E-state index is 11.7. The highest BCUT2D eigenvalue weighted by Crippen LogP contribution is 2.00. The van der Waals surface area contributed by atoms with Gasteiger partial charge in [-0.15, -0.1) is 0 Å². The van der Waals surface area contributed by atoms with E-state index < -0.39 is 17.2 Å². The number of nitrogens with one attached hydrogen (secondary N) is 3. The lowest BCUT2D eigenvalue weighted by Crippen LogP contribution is -2.45. The second-order valence-corrected chi connectivity index (χ2v) is 4.05. The van der Waals surface area contributed by atoms with Gasteiger partial charge in [0.15, 0.2) is 0 Å². The van der Waals surface area contributed by atoms with Crippen LogP contribution in [0.4, 0.5) is 0 Å². The molecule has 94 valence electrons. The number of rotatable bonds is 4. The second kappa shape index (κ2) is 5.44. The second-order valence-electron chi connectivity index (χ2n) is 4.05. The molecule has 0 fully saturated rings. The number of hydrogen-bond donors (Lipinski definition) is 4. The van der Waals surface area contributed by atoms with Crippen LogP contribution in [-0.2, 0) is 0 Å². The standard InChI is InChI=1S/C10H16N4O3/c1-5(2)7(3-11)13-8(15)6-4-12-10(17)14-9(6)16/h4-5,7H,3,11H2,1-2H3,(H,13,15)(H2,12,14,16,17). The molecule has 0 spiro atoms. The van der Waals surface area contributed by atoms with Gasteiger partial charge in [0.25, 0.3) is 11.5 Å². The molecule has 0 aliphatic rings. The summed E-state index contributed by atoms with van der Waals surface area (Å²) in [5.41, 5.74) is 4.00. The number of carbonyl (C=O) groups excluding carboxylic acids is 1. The highest BCUT2D eigenvalue weighted by molar-refractivity contribution is 5.93. The van der Waals surface area contributed by atoms with Crippen molar-refractivity contribution < 1.29 is 4.79 Å². The van der Waals surface area contributed by atoms with Gasteiger partial charge in [0.05, 0.1) is 0 Å². The molecule has 1 heterocycles. The third-order valence-electron chi connectivity index (χ3n) is 2.44. The molecule has 0 aliphatic carbocycles. The van der Waals surface area contributed by atoms with Crippen molar-refractivity contribution in [3.05, 3.63) is 32.6 Å². The molecule has 7 nitrogen and oxygen atoms in total. The monoisotopic (exact) mass is 240 g/mol. The van der Waals surface area contributed by atoms with Crippen molar-refractivity contribution in [3.63, 3.8) is 0 Å². The summed E-state index contributed by atoms with van der Waals surface area (Å²) in [5.74, 6) is -0.391. The Balaban J connectivity index is 2.90. The topological polar surface area (TPSA) is 121 Å². The van der Waals surface area contributed by atoms with Gasteiger partial charge in [0.1, 0.15) is 5.56 Å². The fourth-order valence-electron chi connectivity index (χ4n) is 1.32. The van der Waals surface area contributed by atoms with Crippen molar-refractivity contribution in [2.24, 2.45) is 11.7 Å². The van der Waals surface area contributed by atoms with E-state index >= 15 is 0 Å². The third-order valence-corrected chi connectivity index (χ3v) is 2.44. The van der Waals surface area contributed by atoms with Gasteiger partial charge in [-0.2, -0.15) is 0 Å². The smallest absolute Gasteiger partial charge is 0.325 e.